The lowest BCUT2D eigenvalue weighted by Crippen LogP contribution is -2.08. The molecular formula is C9H11FOS. The predicted octanol–water partition coefficient (Wildman–Crippen LogP) is 1.66. The fourth-order valence-electron chi connectivity index (χ4n) is 1.00. The molecule has 0 aliphatic heterocycles. The lowest BCUT2D eigenvalue weighted by Gasteiger charge is -2.06. The average Bonchev–Trinajstić information content (AvgIpc) is 2.04. The predicted molar refractivity (Wildman–Crippen MR) is 50.0 cm³/mol. The molecular weight excluding hydrogens is 175 g/mol. The molecule has 1 rings (SSSR count). The van der Waals surface area contributed by atoms with E-state index in [-0.39, 0.29) is 17.7 Å². The van der Waals surface area contributed by atoms with Gasteiger partial charge in [-0.1, -0.05) is 12.1 Å². The lowest BCUT2D eigenvalue weighted by molar-refractivity contribution is 0.294. The summed E-state index contributed by atoms with van der Waals surface area (Å²) in [6.07, 6.45) is 0.595. The number of benzene rings is 1. The zero-order chi connectivity index (χ0) is 8.97. The highest BCUT2D eigenvalue weighted by Gasteiger charge is 2.02. The minimum Gasteiger partial charge on any atom is -0.395 e. The molecule has 1 aromatic rings. The van der Waals surface area contributed by atoms with Gasteiger partial charge in [-0.05, 0) is 24.1 Å². The molecule has 1 unspecified atom stereocenters. The normalized spacial score (nSPS) is 12.9. The highest BCUT2D eigenvalue weighted by Crippen LogP contribution is 2.08. The molecule has 0 fully saturated rings. The first kappa shape index (κ1) is 9.55. The molecule has 0 bridgehead atoms. The van der Waals surface area contributed by atoms with Gasteiger partial charge in [-0.3, -0.25) is 0 Å². The van der Waals surface area contributed by atoms with Crippen molar-refractivity contribution in [1.29, 1.82) is 0 Å². The van der Waals surface area contributed by atoms with E-state index in [0.29, 0.717) is 6.42 Å². The third kappa shape index (κ3) is 2.83. The molecule has 1 atom stereocenters. The Kier molecular flexibility index (Phi) is 3.56. The monoisotopic (exact) mass is 186 g/mol. The Morgan fingerprint density at radius 2 is 2.25 bits per heavy atom. The molecule has 0 saturated heterocycles. The van der Waals surface area contributed by atoms with Crippen LogP contribution in [-0.2, 0) is 6.42 Å². The zero-order valence-electron chi connectivity index (χ0n) is 6.57. The number of aliphatic hydroxyl groups is 1. The maximum Gasteiger partial charge on any atom is 0.123 e. The van der Waals surface area contributed by atoms with Gasteiger partial charge in [0.2, 0.25) is 0 Å². The average molecular weight is 186 g/mol. The summed E-state index contributed by atoms with van der Waals surface area (Å²) in [5.74, 6) is -0.244. The van der Waals surface area contributed by atoms with Crippen LogP contribution in [0.15, 0.2) is 24.3 Å². The Morgan fingerprint density at radius 1 is 1.50 bits per heavy atom. The maximum absolute atomic E-state index is 12.6. The summed E-state index contributed by atoms with van der Waals surface area (Å²) in [5.41, 5.74) is 0.865. The van der Waals surface area contributed by atoms with Crippen LogP contribution in [0.2, 0.25) is 0 Å². The van der Waals surface area contributed by atoms with Gasteiger partial charge in [0.15, 0.2) is 0 Å². The Hall–Kier alpha value is -0.540. The third-order valence-corrected chi connectivity index (χ3v) is 1.92. The van der Waals surface area contributed by atoms with E-state index in [1.54, 1.807) is 6.07 Å². The summed E-state index contributed by atoms with van der Waals surface area (Å²) in [6, 6.07) is 6.33. The van der Waals surface area contributed by atoms with Gasteiger partial charge in [-0.15, -0.1) is 0 Å². The van der Waals surface area contributed by atoms with Crippen LogP contribution in [0.1, 0.15) is 5.56 Å². The van der Waals surface area contributed by atoms with Crippen molar-refractivity contribution >= 4 is 12.6 Å². The summed E-state index contributed by atoms with van der Waals surface area (Å²) in [5, 5.41) is 8.59. The number of thiol groups is 1. The second-order valence-electron chi connectivity index (χ2n) is 2.67. The van der Waals surface area contributed by atoms with E-state index in [2.05, 4.69) is 12.6 Å². The second kappa shape index (κ2) is 4.48. The van der Waals surface area contributed by atoms with E-state index in [0.717, 1.165) is 5.56 Å². The number of hydrogen-bond acceptors (Lipinski definition) is 2. The molecule has 0 aliphatic carbocycles. The number of hydrogen-bond donors (Lipinski definition) is 2. The van der Waals surface area contributed by atoms with Crippen molar-refractivity contribution in [2.75, 3.05) is 6.61 Å². The summed E-state index contributed by atoms with van der Waals surface area (Å²) in [4.78, 5) is 0. The van der Waals surface area contributed by atoms with Gasteiger partial charge in [0, 0.05) is 5.25 Å². The molecule has 0 amide bonds. The largest absolute Gasteiger partial charge is 0.395 e. The Balaban J connectivity index is 2.63. The molecule has 1 N–H and O–H groups in total. The molecule has 12 heavy (non-hydrogen) atoms. The second-order valence-corrected chi connectivity index (χ2v) is 3.40. The standard InChI is InChI=1S/C9H11FOS/c10-8-3-1-2-7(4-8)5-9(12)6-11/h1-4,9,11-12H,5-6H2. The Morgan fingerprint density at radius 3 is 2.83 bits per heavy atom. The maximum atomic E-state index is 12.6. The van der Waals surface area contributed by atoms with E-state index in [1.807, 2.05) is 6.07 Å². The van der Waals surface area contributed by atoms with E-state index in [9.17, 15) is 4.39 Å². The molecule has 0 saturated carbocycles. The first-order valence-electron chi connectivity index (χ1n) is 3.75. The van der Waals surface area contributed by atoms with Crippen molar-refractivity contribution in [3.05, 3.63) is 35.6 Å². The van der Waals surface area contributed by atoms with Gasteiger partial charge in [0.1, 0.15) is 5.82 Å². The summed E-state index contributed by atoms with van der Waals surface area (Å²) in [7, 11) is 0. The number of aliphatic hydroxyl groups excluding tert-OH is 1. The highest BCUT2D eigenvalue weighted by atomic mass is 32.1. The van der Waals surface area contributed by atoms with Gasteiger partial charge in [-0.25, -0.2) is 4.39 Å². The van der Waals surface area contributed by atoms with Crippen LogP contribution in [0.4, 0.5) is 4.39 Å². The van der Waals surface area contributed by atoms with Crippen molar-refractivity contribution in [1.82, 2.24) is 0 Å². The Bertz CT molecular complexity index is 252. The molecule has 0 spiro atoms. The zero-order valence-corrected chi connectivity index (χ0v) is 7.47. The van der Waals surface area contributed by atoms with E-state index in [1.165, 1.54) is 12.1 Å². The van der Waals surface area contributed by atoms with E-state index in [4.69, 9.17) is 5.11 Å². The Labute approximate surface area is 76.6 Å². The topological polar surface area (TPSA) is 20.2 Å². The smallest absolute Gasteiger partial charge is 0.123 e. The first-order chi connectivity index (χ1) is 5.72. The molecule has 1 aromatic carbocycles. The van der Waals surface area contributed by atoms with E-state index >= 15 is 0 Å². The van der Waals surface area contributed by atoms with Gasteiger partial charge in [-0.2, -0.15) is 12.6 Å². The number of halogens is 1. The van der Waals surface area contributed by atoms with Gasteiger partial charge < -0.3 is 5.11 Å². The van der Waals surface area contributed by atoms with Crippen molar-refractivity contribution in [2.45, 2.75) is 11.7 Å². The lowest BCUT2D eigenvalue weighted by atomic mass is 10.1. The summed E-state index contributed by atoms with van der Waals surface area (Å²) < 4.78 is 12.6. The van der Waals surface area contributed by atoms with Crippen LogP contribution < -0.4 is 0 Å². The quantitative estimate of drug-likeness (QED) is 0.688. The van der Waals surface area contributed by atoms with Crippen molar-refractivity contribution < 1.29 is 9.50 Å². The minimum atomic E-state index is -0.244. The summed E-state index contributed by atoms with van der Waals surface area (Å²) in [6.45, 7) is 0.0135. The van der Waals surface area contributed by atoms with Crippen LogP contribution >= 0.6 is 12.6 Å². The van der Waals surface area contributed by atoms with Crippen molar-refractivity contribution in [2.24, 2.45) is 0 Å². The molecule has 3 heteroatoms. The fraction of sp³-hybridized carbons (Fsp3) is 0.333. The molecule has 0 aromatic heterocycles. The molecule has 0 radical (unpaired) electrons. The molecule has 66 valence electrons. The SMILES string of the molecule is OCC(S)Cc1cccc(F)c1. The molecule has 1 nitrogen and oxygen atoms in total. The summed E-state index contributed by atoms with van der Waals surface area (Å²) >= 11 is 4.10. The third-order valence-electron chi connectivity index (χ3n) is 1.57. The van der Waals surface area contributed by atoms with Crippen LogP contribution in [-0.4, -0.2) is 17.0 Å². The minimum absolute atomic E-state index is 0.0135. The highest BCUT2D eigenvalue weighted by molar-refractivity contribution is 7.81. The molecule has 0 heterocycles. The van der Waals surface area contributed by atoms with Crippen LogP contribution in [0.3, 0.4) is 0 Å². The van der Waals surface area contributed by atoms with Crippen molar-refractivity contribution in [3.8, 4) is 0 Å². The van der Waals surface area contributed by atoms with Gasteiger partial charge in [0.25, 0.3) is 0 Å². The fourth-order valence-corrected chi connectivity index (χ4v) is 1.21. The molecule has 0 aliphatic rings. The van der Waals surface area contributed by atoms with Crippen LogP contribution in [0.25, 0.3) is 0 Å². The van der Waals surface area contributed by atoms with E-state index < -0.39 is 0 Å². The van der Waals surface area contributed by atoms with Gasteiger partial charge in [0.05, 0.1) is 6.61 Å². The first-order valence-corrected chi connectivity index (χ1v) is 4.27. The van der Waals surface area contributed by atoms with Crippen molar-refractivity contribution in [3.63, 3.8) is 0 Å². The van der Waals surface area contributed by atoms with Crippen LogP contribution in [0, 0.1) is 5.82 Å². The van der Waals surface area contributed by atoms with Gasteiger partial charge >= 0.3 is 0 Å². The number of rotatable bonds is 3. The van der Waals surface area contributed by atoms with Crippen LogP contribution in [0.5, 0.6) is 0 Å².